The second kappa shape index (κ2) is 9.50. The lowest BCUT2D eigenvalue weighted by Gasteiger charge is -2.32. The molecule has 0 bridgehead atoms. The first-order valence-electron chi connectivity index (χ1n) is 11.0. The van der Waals surface area contributed by atoms with Gasteiger partial charge in [0, 0.05) is 24.8 Å². The Morgan fingerprint density at radius 2 is 1.97 bits per heavy atom. The summed E-state index contributed by atoms with van der Waals surface area (Å²) in [4.78, 5) is 10.8. The molecule has 5 rings (SSSR count). The van der Waals surface area contributed by atoms with E-state index in [1.54, 1.807) is 40.3 Å². The van der Waals surface area contributed by atoms with Crippen LogP contribution in [0.3, 0.4) is 0 Å². The van der Waals surface area contributed by atoms with Crippen molar-refractivity contribution in [1.29, 1.82) is 5.26 Å². The molecule has 9 heteroatoms. The molecule has 0 N–H and O–H groups in total. The van der Waals surface area contributed by atoms with Crippen molar-refractivity contribution < 1.29 is 8.42 Å². The summed E-state index contributed by atoms with van der Waals surface area (Å²) in [6.07, 6.45) is 2.14. The Morgan fingerprint density at radius 1 is 1.12 bits per heavy atom. The van der Waals surface area contributed by atoms with E-state index in [-0.39, 0.29) is 12.6 Å². The van der Waals surface area contributed by atoms with Gasteiger partial charge < -0.3 is 4.90 Å². The van der Waals surface area contributed by atoms with Crippen molar-refractivity contribution in [2.45, 2.75) is 23.2 Å². The zero-order valence-electron chi connectivity index (χ0n) is 18.4. The van der Waals surface area contributed by atoms with Crippen LogP contribution >= 0.6 is 11.3 Å². The summed E-state index contributed by atoms with van der Waals surface area (Å²) < 4.78 is 29.6. The van der Waals surface area contributed by atoms with E-state index in [1.165, 1.54) is 11.3 Å². The molecule has 2 aliphatic rings. The molecule has 0 aliphatic carbocycles. The summed E-state index contributed by atoms with van der Waals surface area (Å²) in [6.45, 7) is 1.79. The van der Waals surface area contributed by atoms with E-state index in [4.69, 9.17) is 0 Å². The second-order valence-corrected chi connectivity index (χ2v) is 11.4. The van der Waals surface area contributed by atoms with Crippen molar-refractivity contribution in [3.8, 4) is 6.07 Å². The number of aliphatic imine (C=N–C) groups is 2. The SMILES string of the molecule is N#Cc1ccc2c(c1)CN(S(=O)(=O)c1cccs1)C(Cc1ccccc1)CN2CC1=NC=NC1. The van der Waals surface area contributed by atoms with Crippen LogP contribution in [-0.2, 0) is 23.0 Å². The fraction of sp³-hybridized carbons (Fsp3) is 0.240. The number of thiophene rings is 1. The molecular weight excluding hydrogens is 466 g/mol. The molecule has 0 radical (unpaired) electrons. The number of hydrogen-bond donors (Lipinski definition) is 0. The Labute approximate surface area is 203 Å². The average molecular weight is 490 g/mol. The van der Waals surface area contributed by atoms with Gasteiger partial charge in [-0.2, -0.15) is 9.57 Å². The summed E-state index contributed by atoms with van der Waals surface area (Å²) >= 11 is 1.22. The van der Waals surface area contributed by atoms with Crippen LogP contribution in [0.5, 0.6) is 0 Å². The Morgan fingerprint density at radius 3 is 2.68 bits per heavy atom. The molecule has 2 aromatic carbocycles. The number of hydrogen-bond acceptors (Lipinski definition) is 7. The highest BCUT2D eigenvalue weighted by Crippen LogP contribution is 2.34. The van der Waals surface area contributed by atoms with Crippen molar-refractivity contribution in [2.24, 2.45) is 9.98 Å². The van der Waals surface area contributed by atoms with E-state index < -0.39 is 10.0 Å². The first-order chi connectivity index (χ1) is 16.5. The van der Waals surface area contributed by atoms with Crippen molar-refractivity contribution in [2.75, 3.05) is 24.5 Å². The maximum absolute atomic E-state index is 13.8. The third-order valence-electron chi connectivity index (χ3n) is 6.06. The fourth-order valence-electron chi connectivity index (χ4n) is 4.46. The molecule has 7 nitrogen and oxygen atoms in total. The highest BCUT2D eigenvalue weighted by Gasteiger charge is 2.37. The lowest BCUT2D eigenvalue weighted by atomic mass is 10.1. The van der Waals surface area contributed by atoms with Gasteiger partial charge in [0.25, 0.3) is 10.0 Å². The van der Waals surface area contributed by atoms with Gasteiger partial charge in [-0.15, -0.1) is 11.3 Å². The highest BCUT2D eigenvalue weighted by molar-refractivity contribution is 7.91. The van der Waals surface area contributed by atoms with Gasteiger partial charge in [-0.25, -0.2) is 13.4 Å². The Bertz CT molecular complexity index is 1380. The van der Waals surface area contributed by atoms with Crippen LogP contribution in [0.2, 0.25) is 0 Å². The van der Waals surface area contributed by atoms with Crippen LogP contribution in [-0.4, -0.2) is 50.4 Å². The van der Waals surface area contributed by atoms with E-state index in [1.807, 2.05) is 36.4 Å². The van der Waals surface area contributed by atoms with Crippen LogP contribution in [0.25, 0.3) is 0 Å². The zero-order valence-corrected chi connectivity index (χ0v) is 20.0. The predicted octanol–water partition coefficient (Wildman–Crippen LogP) is 3.72. The van der Waals surface area contributed by atoms with Gasteiger partial charge in [0.05, 0.1) is 30.4 Å². The number of anilines is 1. The molecular formula is C25H23N5O2S2. The van der Waals surface area contributed by atoms with Crippen molar-refractivity contribution in [1.82, 2.24) is 4.31 Å². The topological polar surface area (TPSA) is 89.1 Å². The maximum Gasteiger partial charge on any atom is 0.253 e. The van der Waals surface area contributed by atoms with Gasteiger partial charge >= 0.3 is 0 Å². The molecule has 3 aromatic rings. The minimum atomic E-state index is -3.74. The van der Waals surface area contributed by atoms with Crippen LogP contribution in [0.1, 0.15) is 16.7 Å². The highest BCUT2D eigenvalue weighted by atomic mass is 32.2. The average Bonchev–Trinajstić information content (AvgIpc) is 3.55. The van der Waals surface area contributed by atoms with E-state index in [0.29, 0.717) is 35.8 Å². The van der Waals surface area contributed by atoms with Crippen LogP contribution in [0.4, 0.5) is 5.69 Å². The predicted molar refractivity (Wildman–Crippen MR) is 135 cm³/mol. The smallest absolute Gasteiger partial charge is 0.253 e. The fourth-order valence-corrected chi connectivity index (χ4v) is 7.17. The molecule has 1 atom stereocenters. The summed E-state index contributed by atoms with van der Waals surface area (Å²) in [5, 5.41) is 11.3. The van der Waals surface area contributed by atoms with Gasteiger partial charge in [0.2, 0.25) is 0 Å². The van der Waals surface area contributed by atoms with Crippen LogP contribution < -0.4 is 4.90 Å². The zero-order chi connectivity index (χ0) is 23.5. The van der Waals surface area contributed by atoms with Crippen molar-refractivity contribution in [3.05, 3.63) is 82.7 Å². The quantitative estimate of drug-likeness (QED) is 0.528. The lowest BCUT2D eigenvalue weighted by molar-refractivity contribution is 0.320. The standard InChI is InChI=1S/C25H23N5O2S2/c26-13-20-8-9-24-21(11-20)15-30(34(31,32)25-7-4-10-33-25)23(12-19-5-2-1-3-6-19)17-29(24)16-22-14-27-18-28-22/h1-11,18,23H,12,14-17H2. The van der Waals surface area contributed by atoms with E-state index in [2.05, 4.69) is 21.0 Å². The summed E-state index contributed by atoms with van der Waals surface area (Å²) in [6, 6.07) is 20.8. The lowest BCUT2D eigenvalue weighted by Crippen LogP contribution is -2.46. The van der Waals surface area contributed by atoms with Crippen LogP contribution in [0, 0.1) is 11.3 Å². The van der Waals surface area contributed by atoms with E-state index >= 15 is 0 Å². The Kier molecular flexibility index (Phi) is 6.28. The molecule has 0 fully saturated rings. The molecule has 0 saturated heterocycles. The third kappa shape index (κ3) is 4.53. The van der Waals surface area contributed by atoms with E-state index in [9.17, 15) is 13.7 Å². The first kappa shape index (κ1) is 22.5. The number of nitrogens with zero attached hydrogens (tertiary/aromatic N) is 5. The molecule has 2 aliphatic heterocycles. The molecule has 172 valence electrons. The third-order valence-corrected chi connectivity index (χ3v) is 9.33. The van der Waals surface area contributed by atoms with Gasteiger partial charge in [0.1, 0.15) is 10.5 Å². The molecule has 1 aromatic heterocycles. The Balaban J connectivity index is 1.60. The van der Waals surface area contributed by atoms with E-state index in [0.717, 1.165) is 22.5 Å². The van der Waals surface area contributed by atoms with Gasteiger partial charge in [-0.3, -0.25) is 4.99 Å². The van der Waals surface area contributed by atoms with Crippen LogP contribution in [0.15, 0.2) is 80.2 Å². The summed E-state index contributed by atoms with van der Waals surface area (Å²) in [5.74, 6) is 0. The molecule has 0 amide bonds. The maximum atomic E-state index is 13.8. The van der Waals surface area contributed by atoms with Gasteiger partial charge in [0.15, 0.2) is 0 Å². The normalized spacial score (nSPS) is 18.3. The molecule has 3 heterocycles. The number of sulfonamides is 1. The number of benzene rings is 2. The monoisotopic (exact) mass is 489 g/mol. The number of fused-ring (bicyclic) bond motifs is 1. The first-order valence-corrected chi connectivity index (χ1v) is 13.3. The van der Waals surface area contributed by atoms with Crippen molar-refractivity contribution >= 4 is 39.1 Å². The van der Waals surface area contributed by atoms with Crippen molar-refractivity contribution in [3.63, 3.8) is 0 Å². The molecule has 0 spiro atoms. The summed E-state index contributed by atoms with van der Waals surface area (Å²) in [5.41, 5.74) is 4.26. The summed E-state index contributed by atoms with van der Waals surface area (Å²) in [7, 11) is -3.74. The van der Waals surface area contributed by atoms with Gasteiger partial charge in [-0.05, 0) is 47.2 Å². The largest absolute Gasteiger partial charge is 0.364 e. The number of nitriles is 1. The molecule has 34 heavy (non-hydrogen) atoms. The van der Waals surface area contributed by atoms with Gasteiger partial charge in [-0.1, -0.05) is 36.4 Å². The number of rotatable bonds is 6. The Hall–Kier alpha value is -3.32. The molecule has 1 unspecified atom stereocenters. The second-order valence-electron chi connectivity index (χ2n) is 8.31. The molecule has 0 saturated carbocycles. The minimum absolute atomic E-state index is 0.196. The minimum Gasteiger partial charge on any atom is -0.364 e.